The van der Waals surface area contributed by atoms with E-state index in [4.69, 9.17) is 4.74 Å². The van der Waals surface area contributed by atoms with E-state index in [1.54, 1.807) is 6.20 Å². The second-order valence-electron chi connectivity index (χ2n) is 4.29. The van der Waals surface area contributed by atoms with Crippen molar-refractivity contribution in [3.63, 3.8) is 0 Å². The van der Waals surface area contributed by atoms with Crippen LogP contribution in [0.3, 0.4) is 0 Å². The van der Waals surface area contributed by atoms with Crippen LogP contribution in [-0.4, -0.2) is 29.7 Å². The lowest BCUT2D eigenvalue weighted by Gasteiger charge is -2.22. The van der Waals surface area contributed by atoms with Gasteiger partial charge in [0.15, 0.2) is 0 Å². The van der Waals surface area contributed by atoms with Crippen molar-refractivity contribution in [3.05, 3.63) is 18.1 Å². The molecule has 4 nitrogen and oxygen atoms in total. The van der Waals surface area contributed by atoms with E-state index in [0.29, 0.717) is 5.88 Å². The summed E-state index contributed by atoms with van der Waals surface area (Å²) < 4.78 is 5.61. The third-order valence-electron chi connectivity index (χ3n) is 2.93. The molecule has 1 N–H and O–H groups in total. The predicted octanol–water partition coefficient (Wildman–Crippen LogP) is 1.55. The second kappa shape index (κ2) is 5.80. The van der Waals surface area contributed by atoms with Gasteiger partial charge in [-0.15, -0.1) is 0 Å². The van der Waals surface area contributed by atoms with Crippen LogP contribution in [-0.2, 0) is 0 Å². The maximum Gasteiger partial charge on any atom is 0.216 e. The Morgan fingerprint density at radius 2 is 2.50 bits per heavy atom. The smallest absolute Gasteiger partial charge is 0.216 e. The third kappa shape index (κ3) is 3.45. The van der Waals surface area contributed by atoms with Crippen molar-refractivity contribution in [2.75, 3.05) is 19.7 Å². The number of nitrogens with zero attached hydrogens (tertiary/aromatic N) is 2. The molecule has 1 atom stereocenters. The summed E-state index contributed by atoms with van der Waals surface area (Å²) in [4.78, 5) is 8.24. The minimum Gasteiger partial charge on any atom is -0.478 e. The van der Waals surface area contributed by atoms with Crippen molar-refractivity contribution >= 4 is 0 Å². The minimum atomic E-state index is 0.691. The average molecular weight is 221 g/mol. The van der Waals surface area contributed by atoms with Crippen molar-refractivity contribution in [2.45, 2.75) is 26.2 Å². The Kier molecular flexibility index (Phi) is 4.10. The van der Waals surface area contributed by atoms with E-state index in [1.165, 1.54) is 19.4 Å². The molecular weight excluding hydrogens is 202 g/mol. The predicted molar refractivity (Wildman–Crippen MR) is 62.5 cm³/mol. The molecule has 1 saturated heterocycles. The molecule has 2 heterocycles. The molecule has 0 radical (unpaired) electrons. The first kappa shape index (κ1) is 11.3. The van der Waals surface area contributed by atoms with E-state index in [-0.39, 0.29) is 0 Å². The number of aryl methyl sites for hydroxylation is 1. The van der Waals surface area contributed by atoms with Gasteiger partial charge in [-0.3, -0.25) is 0 Å². The topological polar surface area (TPSA) is 47.0 Å². The Balaban J connectivity index is 1.71. The van der Waals surface area contributed by atoms with Gasteiger partial charge < -0.3 is 10.1 Å². The van der Waals surface area contributed by atoms with Crippen molar-refractivity contribution in [1.82, 2.24) is 15.3 Å². The molecule has 0 aromatic carbocycles. The number of hydrogen-bond donors (Lipinski definition) is 1. The maximum absolute atomic E-state index is 5.61. The van der Waals surface area contributed by atoms with Gasteiger partial charge in [0.1, 0.15) is 5.82 Å². The minimum absolute atomic E-state index is 0.691. The van der Waals surface area contributed by atoms with Crippen LogP contribution in [0.15, 0.2) is 12.3 Å². The number of nitrogens with one attached hydrogen (secondary N) is 1. The summed E-state index contributed by atoms with van der Waals surface area (Å²) >= 11 is 0. The molecule has 88 valence electrons. The molecule has 1 aromatic rings. The fourth-order valence-corrected chi connectivity index (χ4v) is 2.02. The molecule has 0 bridgehead atoms. The van der Waals surface area contributed by atoms with Crippen LogP contribution in [0.2, 0.25) is 0 Å². The third-order valence-corrected chi connectivity index (χ3v) is 2.93. The van der Waals surface area contributed by atoms with Crippen molar-refractivity contribution < 1.29 is 4.74 Å². The molecule has 1 unspecified atom stereocenters. The fraction of sp³-hybridized carbons (Fsp3) is 0.667. The van der Waals surface area contributed by atoms with Crippen LogP contribution in [0.1, 0.15) is 25.1 Å². The molecule has 0 aliphatic carbocycles. The zero-order valence-electron chi connectivity index (χ0n) is 9.78. The summed E-state index contributed by atoms with van der Waals surface area (Å²) in [5, 5.41) is 3.41. The van der Waals surface area contributed by atoms with Crippen LogP contribution in [0, 0.1) is 12.8 Å². The van der Waals surface area contributed by atoms with Gasteiger partial charge in [-0.25, -0.2) is 4.98 Å². The van der Waals surface area contributed by atoms with Gasteiger partial charge >= 0.3 is 0 Å². The normalized spacial score (nSPS) is 20.7. The van der Waals surface area contributed by atoms with Gasteiger partial charge in [-0.2, -0.15) is 4.98 Å². The van der Waals surface area contributed by atoms with Crippen molar-refractivity contribution in [1.29, 1.82) is 0 Å². The number of piperidine rings is 1. The fourth-order valence-electron chi connectivity index (χ4n) is 2.02. The Morgan fingerprint density at radius 3 is 3.25 bits per heavy atom. The van der Waals surface area contributed by atoms with Gasteiger partial charge in [-0.1, -0.05) is 0 Å². The average Bonchev–Trinajstić information content (AvgIpc) is 2.30. The van der Waals surface area contributed by atoms with Gasteiger partial charge in [-0.05, 0) is 45.2 Å². The number of ether oxygens (including phenoxy) is 1. The largest absolute Gasteiger partial charge is 0.478 e. The molecular formula is C12H19N3O. The standard InChI is InChI=1S/C12H19N3O/c1-10-14-7-4-12(15-10)16-8-5-11-3-2-6-13-9-11/h4,7,11,13H,2-3,5-6,8-9H2,1H3. The molecule has 2 rings (SSSR count). The van der Waals surface area contributed by atoms with E-state index in [1.807, 2.05) is 13.0 Å². The highest BCUT2D eigenvalue weighted by Crippen LogP contribution is 2.14. The first-order valence-corrected chi connectivity index (χ1v) is 5.98. The summed E-state index contributed by atoms with van der Waals surface area (Å²) in [5.74, 6) is 2.21. The zero-order valence-corrected chi connectivity index (χ0v) is 9.78. The van der Waals surface area contributed by atoms with Crippen LogP contribution in [0.5, 0.6) is 5.88 Å². The highest BCUT2D eigenvalue weighted by molar-refractivity contribution is 5.07. The van der Waals surface area contributed by atoms with Crippen LogP contribution >= 0.6 is 0 Å². The molecule has 16 heavy (non-hydrogen) atoms. The zero-order chi connectivity index (χ0) is 11.2. The summed E-state index contributed by atoms with van der Waals surface area (Å²) in [5.41, 5.74) is 0. The molecule has 1 aromatic heterocycles. The molecule has 0 amide bonds. The van der Waals surface area contributed by atoms with Crippen molar-refractivity contribution in [2.24, 2.45) is 5.92 Å². The molecule has 0 saturated carbocycles. The first-order chi connectivity index (χ1) is 7.84. The molecule has 1 aliphatic rings. The lowest BCUT2D eigenvalue weighted by Crippen LogP contribution is -2.30. The van der Waals surface area contributed by atoms with Gasteiger partial charge in [0, 0.05) is 12.3 Å². The molecule has 0 spiro atoms. The van der Waals surface area contributed by atoms with Crippen LogP contribution < -0.4 is 10.1 Å². The van der Waals surface area contributed by atoms with E-state index >= 15 is 0 Å². The van der Waals surface area contributed by atoms with E-state index in [2.05, 4.69) is 15.3 Å². The van der Waals surface area contributed by atoms with E-state index in [0.717, 1.165) is 31.3 Å². The lowest BCUT2D eigenvalue weighted by molar-refractivity contribution is 0.247. The SMILES string of the molecule is Cc1nccc(OCCC2CCCNC2)n1. The molecule has 4 heteroatoms. The quantitative estimate of drug-likeness (QED) is 0.838. The first-order valence-electron chi connectivity index (χ1n) is 5.98. The second-order valence-corrected chi connectivity index (χ2v) is 4.29. The summed E-state index contributed by atoms with van der Waals surface area (Å²) in [6.07, 6.45) is 5.45. The van der Waals surface area contributed by atoms with Crippen molar-refractivity contribution in [3.8, 4) is 5.88 Å². The summed E-state index contributed by atoms with van der Waals surface area (Å²) in [6, 6.07) is 1.81. The Morgan fingerprint density at radius 1 is 1.56 bits per heavy atom. The van der Waals surface area contributed by atoms with E-state index < -0.39 is 0 Å². The Hall–Kier alpha value is -1.16. The van der Waals surface area contributed by atoms with Crippen LogP contribution in [0.4, 0.5) is 0 Å². The van der Waals surface area contributed by atoms with Crippen LogP contribution in [0.25, 0.3) is 0 Å². The van der Waals surface area contributed by atoms with Gasteiger partial charge in [0.2, 0.25) is 5.88 Å². The lowest BCUT2D eigenvalue weighted by atomic mass is 9.97. The molecule has 1 fully saturated rings. The summed E-state index contributed by atoms with van der Waals surface area (Å²) in [7, 11) is 0. The number of aromatic nitrogens is 2. The highest BCUT2D eigenvalue weighted by atomic mass is 16.5. The maximum atomic E-state index is 5.61. The monoisotopic (exact) mass is 221 g/mol. The van der Waals surface area contributed by atoms with Gasteiger partial charge in [0.25, 0.3) is 0 Å². The number of hydrogen-bond acceptors (Lipinski definition) is 4. The van der Waals surface area contributed by atoms with Gasteiger partial charge in [0.05, 0.1) is 6.61 Å². The highest BCUT2D eigenvalue weighted by Gasteiger charge is 2.12. The Labute approximate surface area is 96.4 Å². The number of rotatable bonds is 4. The molecule has 1 aliphatic heterocycles. The summed E-state index contributed by atoms with van der Waals surface area (Å²) in [6.45, 7) is 4.93. The Bertz CT molecular complexity index is 324. The van der Waals surface area contributed by atoms with E-state index in [9.17, 15) is 0 Å².